The molecule has 2 aromatic rings. The largest absolute Gasteiger partial charge is 0.308 e. The van der Waals surface area contributed by atoms with Crippen molar-refractivity contribution in [2.75, 3.05) is 23.0 Å². The van der Waals surface area contributed by atoms with Crippen molar-refractivity contribution >= 4 is 31.3 Å². The van der Waals surface area contributed by atoms with E-state index in [4.69, 9.17) is 0 Å². The van der Waals surface area contributed by atoms with Crippen molar-refractivity contribution in [2.45, 2.75) is 29.4 Å². The monoisotopic (exact) mass is 419 g/mol. The minimum atomic E-state index is -3.73. The van der Waals surface area contributed by atoms with Gasteiger partial charge in [0.05, 0.1) is 21.7 Å². The summed E-state index contributed by atoms with van der Waals surface area (Å²) in [5, 5.41) is -0.909. The van der Waals surface area contributed by atoms with Crippen molar-refractivity contribution in [3.63, 3.8) is 0 Å². The number of carbonyl (C=O) groups is 1. The molecule has 1 saturated heterocycles. The zero-order valence-corrected chi connectivity index (χ0v) is 16.9. The van der Waals surface area contributed by atoms with Crippen LogP contribution in [0, 0.1) is 0 Å². The van der Waals surface area contributed by atoms with E-state index in [0.29, 0.717) is 12.1 Å². The van der Waals surface area contributed by atoms with Gasteiger partial charge in [0.2, 0.25) is 0 Å². The molecule has 0 radical (unpaired) electrons. The summed E-state index contributed by atoms with van der Waals surface area (Å²) in [7, 11) is -7.02. The summed E-state index contributed by atoms with van der Waals surface area (Å²) in [6, 6.07) is 13.6. The molecule has 0 bridgehead atoms. The standard InChI is InChI=1S/C20H21NO5S2/c22-20(21-12-3-5-15-4-1-2-6-19(15)21)16-7-9-17(10-8-16)28(25,26)18-11-13-27(23,24)14-18/h1-2,4,6-10,18H,3,5,11-14H2/t18-/m0/s1. The Hall–Kier alpha value is -2.19. The first kappa shape index (κ1) is 19.1. The van der Waals surface area contributed by atoms with Gasteiger partial charge in [-0.2, -0.15) is 0 Å². The molecular formula is C20H21NO5S2. The van der Waals surface area contributed by atoms with Crippen LogP contribution in [0.2, 0.25) is 0 Å². The number of rotatable bonds is 3. The Morgan fingerprint density at radius 3 is 2.43 bits per heavy atom. The molecule has 2 aromatic carbocycles. The molecule has 28 heavy (non-hydrogen) atoms. The number of sulfone groups is 2. The van der Waals surface area contributed by atoms with Gasteiger partial charge < -0.3 is 4.90 Å². The molecule has 2 aliphatic rings. The van der Waals surface area contributed by atoms with Crippen LogP contribution in [0.5, 0.6) is 0 Å². The smallest absolute Gasteiger partial charge is 0.258 e. The second-order valence-electron chi connectivity index (χ2n) is 7.28. The molecule has 0 saturated carbocycles. The van der Waals surface area contributed by atoms with Crippen LogP contribution in [0.25, 0.3) is 0 Å². The number of para-hydroxylation sites is 1. The molecule has 6 nitrogen and oxygen atoms in total. The van der Waals surface area contributed by atoms with E-state index in [1.807, 2.05) is 24.3 Å². The predicted molar refractivity (Wildman–Crippen MR) is 107 cm³/mol. The summed E-state index contributed by atoms with van der Waals surface area (Å²) in [4.78, 5) is 14.8. The van der Waals surface area contributed by atoms with Gasteiger partial charge in [-0.1, -0.05) is 18.2 Å². The van der Waals surface area contributed by atoms with E-state index in [9.17, 15) is 21.6 Å². The average Bonchev–Trinajstić information content (AvgIpc) is 3.07. The Balaban J connectivity index is 1.58. The fourth-order valence-electron chi connectivity index (χ4n) is 3.89. The number of hydrogen-bond donors (Lipinski definition) is 0. The number of nitrogens with zero attached hydrogens (tertiary/aromatic N) is 1. The molecule has 0 spiro atoms. The normalized spacial score (nSPS) is 21.3. The molecule has 0 aliphatic carbocycles. The molecule has 0 N–H and O–H groups in total. The van der Waals surface area contributed by atoms with Gasteiger partial charge in [-0.15, -0.1) is 0 Å². The summed E-state index contributed by atoms with van der Waals surface area (Å²) in [5.41, 5.74) is 2.44. The van der Waals surface area contributed by atoms with Crippen molar-refractivity contribution in [1.29, 1.82) is 0 Å². The second-order valence-corrected chi connectivity index (χ2v) is 11.7. The van der Waals surface area contributed by atoms with E-state index >= 15 is 0 Å². The Morgan fingerprint density at radius 2 is 1.75 bits per heavy atom. The molecule has 1 amide bonds. The van der Waals surface area contributed by atoms with Crippen LogP contribution in [0.3, 0.4) is 0 Å². The van der Waals surface area contributed by atoms with Gasteiger partial charge in [0.15, 0.2) is 19.7 Å². The zero-order chi connectivity index (χ0) is 19.9. The molecular weight excluding hydrogens is 398 g/mol. The molecule has 4 rings (SSSR count). The molecule has 0 unspecified atom stereocenters. The van der Waals surface area contributed by atoms with Crippen LogP contribution in [0.1, 0.15) is 28.8 Å². The van der Waals surface area contributed by atoms with Gasteiger partial charge in [0.25, 0.3) is 5.91 Å². The van der Waals surface area contributed by atoms with Gasteiger partial charge in [-0.25, -0.2) is 16.8 Å². The van der Waals surface area contributed by atoms with Crippen molar-refractivity contribution in [1.82, 2.24) is 0 Å². The number of fused-ring (bicyclic) bond motifs is 1. The number of aryl methyl sites for hydroxylation is 1. The van der Waals surface area contributed by atoms with Gasteiger partial charge >= 0.3 is 0 Å². The lowest BCUT2D eigenvalue weighted by atomic mass is 10.0. The van der Waals surface area contributed by atoms with Gasteiger partial charge in [0.1, 0.15) is 0 Å². The SMILES string of the molecule is O=C(c1ccc(S(=O)(=O)[C@H]2CCS(=O)(=O)C2)cc1)N1CCCc2ccccc21. The lowest BCUT2D eigenvalue weighted by Crippen LogP contribution is -2.35. The summed E-state index contributed by atoms with van der Waals surface area (Å²) in [6.07, 6.45) is 1.93. The molecule has 148 valence electrons. The van der Waals surface area contributed by atoms with E-state index in [0.717, 1.165) is 24.1 Å². The summed E-state index contributed by atoms with van der Waals surface area (Å²) in [6.45, 7) is 0.621. The van der Waals surface area contributed by atoms with Gasteiger partial charge in [-0.3, -0.25) is 4.79 Å². The Labute approximate surface area is 165 Å². The summed E-state index contributed by atoms with van der Waals surface area (Å²) >= 11 is 0. The van der Waals surface area contributed by atoms with Crippen molar-refractivity contribution in [3.05, 3.63) is 59.7 Å². The third-order valence-corrected chi connectivity index (χ3v) is 9.60. The van der Waals surface area contributed by atoms with Crippen LogP contribution in [-0.4, -0.2) is 46.0 Å². The lowest BCUT2D eigenvalue weighted by Gasteiger charge is -2.29. The van der Waals surface area contributed by atoms with Crippen LogP contribution in [0.4, 0.5) is 5.69 Å². The minimum Gasteiger partial charge on any atom is -0.308 e. The van der Waals surface area contributed by atoms with Crippen LogP contribution >= 0.6 is 0 Å². The number of carbonyl (C=O) groups excluding carboxylic acids is 1. The molecule has 8 heteroatoms. The topological polar surface area (TPSA) is 88.6 Å². The van der Waals surface area contributed by atoms with Gasteiger partial charge in [0, 0.05) is 17.8 Å². The highest BCUT2D eigenvalue weighted by molar-refractivity contribution is 7.96. The lowest BCUT2D eigenvalue weighted by molar-refractivity contribution is 0.0985. The van der Waals surface area contributed by atoms with E-state index in [1.165, 1.54) is 24.3 Å². The van der Waals surface area contributed by atoms with E-state index in [2.05, 4.69) is 0 Å². The third kappa shape index (κ3) is 3.46. The number of benzene rings is 2. The van der Waals surface area contributed by atoms with Crippen molar-refractivity contribution < 1.29 is 21.6 Å². The first-order valence-electron chi connectivity index (χ1n) is 9.22. The average molecular weight is 420 g/mol. The fraction of sp³-hybridized carbons (Fsp3) is 0.350. The molecule has 1 fully saturated rings. The maximum absolute atomic E-state index is 13.0. The first-order chi connectivity index (χ1) is 13.3. The molecule has 0 aromatic heterocycles. The third-order valence-electron chi connectivity index (χ3n) is 5.41. The van der Waals surface area contributed by atoms with Crippen LogP contribution in [-0.2, 0) is 26.1 Å². The molecule has 2 heterocycles. The Kier molecular flexibility index (Phi) is 4.79. The fourth-order valence-corrected chi connectivity index (χ4v) is 8.25. The number of anilines is 1. The number of amides is 1. The summed E-state index contributed by atoms with van der Waals surface area (Å²) in [5.74, 6) is -0.595. The highest BCUT2D eigenvalue weighted by Crippen LogP contribution is 2.29. The van der Waals surface area contributed by atoms with Crippen LogP contribution in [0.15, 0.2) is 53.4 Å². The maximum atomic E-state index is 13.0. The summed E-state index contributed by atoms with van der Waals surface area (Å²) < 4.78 is 48.7. The van der Waals surface area contributed by atoms with E-state index in [1.54, 1.807) is 4.90 Å². The second kappa shape index (κ2) is 7.00. The van der Waals surface area contributed by atoms with Crippen LogP contribution < -0.4 is 4.90 Å². The van der Waals surface area contributed by atoms with Gasteiger partial charge in [-0.05, 0) is 55.2 Å². The van der Waals surface area contributed by atoms with E-state index in [-0.39, 0.29) is 28.7 Å². The maximum Gasteiger partial charge on any atom is 0.258 e. The Morgan fingerprint density at radius 1 is 1.04 bits per heavy atom. The Bertz CT molecular complexity index is 1120. The van der Waals surface area contributed by atoms with Crippen molar-refractivity contribution in [2.24, 2.45) is 0 Å². The van der Waals surface area contributed by atoms with Crippen molar-refractivity contribution in [3.8, 4) is 0 Å². The molecule has 2 aliphatic heterocycles. The predicted octanol–water partition coefficient (Wildman–Crippen LogP) is 2.24. The molecule has 1 atom stereocenters. The highest BCUT2D eigenvalue weighted by Gasteiger charge is 2.38. The van der Waals surface area contributed by atoms with E-state index < -0.39 is 24.9 Å². The minimum absolute atomic E-state index is 0.0604. The quantitative estimate of drug-likeness (QED) is 0.761. The first-order valence-corrected chi connectivity index (χ1v) is 12.6. The number of hydrogen-bond acceptors (Lipinski definition) is 5. The highest BCUT2D eigenvalue weighted by atomic mass is 32.2. The zero-order valence-electron chi connectivity index (χ0n) is 15.2.